The predicted octanol–water partition coefficient (Wildman–Crippen LogP) is 4.09. The molecule has 0 amide bonds. The van der Waals surface area contributed by atoms with Gasteiger partial charge in [0.05, 0.1) is 11.2 Å². The molecular formula is C17H21FN2S. The molecule has 0 aliphatic heterocycles. The summed E-state index contributed by atoms with van der Waals surface area (Å²) < 4.78 is 13.5. The van der Waals surface area contributed by atoms with Crippen LogP contribution in [0.5, 0.6) is 0 Å². The van der Waals surface area contributed by atoms with E-state index in [1.807, 2.05) is 6.07 Å². The van der Waals surface area contributed by atoms with Gasteiger partial charge in [-0.15, -0.1) is 11.3 Å². The molecule has 21 heavy (non-hydrogen) atoms. The molecule has 0 bridgehead atoms. The summed E-state index contributed by atoms with van der Waals surface area (Å²) in [5, 5.41) is 4.82. The van der Waals surface area contributed by atoms with E-state index in [-0.39, 0.29) is 11.4 Å². The van der Waals surface area contributed by atoms with Gasteiger partial charge in [-0.25, -0.2) is 9.37 Å². The highest BCUT2D eigenvalue weighted by atomic mass is 32.1. The van der Waals surface area contributed by atoms with E-state index in [9.17, 15) is 4.39 Å². The number of thiazole rings is 1. The molecule has 1 aromatic carbocycles. The summed E-state index contributed by atoms with van der Waals surface area (Å²) in [6, 6.07) is 5.50. The van der Waals surface area contributed by atoms with Crippen LogP contribution in [-0.2, 0) is 12.0 Å². The maximum atomic E-state index is 13.5. The monoisotopic (exact) mass is 304 g/mol. The molecule has 1 aromatic heterocycles. The first-order valence-corrected chi connectivity index (χ1v) is 8.25. The van der Waals surface area contributed by atoms with Crippen LogP contribution in [-0.4, -0.2) is 11.0 Å². The van der Waals surface area contributed by atoms with Gasteiger partial charge in [0, 0.05) is 10.9 Å². The lowest BCUT2D eigenvalue weighted by Crippen LogP contribution is -2.45. The zero-order valence-corrected chi connectivity index (χ0v) is 13.8. The van der Waals surface area contributed by atoms with Crippen molar-refractivity contribution in [3.63, 3.8) is 0 Å². The van der Waals surface area contributed by atoms with Crippen molar-refractivity contribution in [2.75, 3.05) is 0 Å². The van der Waals surface area contributed by atoms with Gasteiger partial charge in [-0.05, 0) is 63.8 Å². The average molecular weight is 304 g/mol. The topological polar surface area (TPSA) is 24.9 Å². The van der Waals surface area contributed by atoms with Crippen molar-refractivity contribution in [2.45, 2.75) is 52.1 Å². The van der Waals surface area contributed by atoms with E-state index in [1.54, 1.807) is 23.5 Å². The molecule has 4 heteroatoms. The predicted molar refractivity (Wildman–Crippen MR) is 85.4 cm³/mol. The number of hydrogen-bond donors (Lipinski definition) is 1. The summed E-state index contributed by atoms with van der Waals surface area (Å²) in [7, 11) is 0. The second-order valence-corrected chi connectivity index (χ2v) is 7.37. The molecule has 3 rings (SSSR count). The maximum absolute atomic E-state index is 13.5. The minimum absolute atomic E-state index is 0.152. The van der Waals surface area contributed by atoms with Gasteiger partial charge in [0.2, 0.25) is 0 Å². The minimum Gasteiger partial charge on any atom is -0.299 e. The first kappa shape index (κ1) is 14.7. The Morgan fingerprint density at radius 1 is 1.33 bits per heavy atom. The fraction of sp³-hybridized carbons (Fsp3) is 0.471. The second kappa shape index (κ2) is 5.18. The number of nitrogens with zero attached hydrogens (tertiary/aromatic N) is 1. The first-order valence-electron chi connectivity index (χ1n) is 7.43. The highest BCUT2D eigenvalue weighted by molar-refractivity contribution is 7.11. The second-order valence-electron chi connectivity index (χ2n) is 6.17. The van der Waals surface area contributed by atoms with Gasteiger partial charge < -0.3 is 0 Å². The third kappa shape index (κ3) is 2.40. The number of nitrogens with one attached hydrogen (secondary N) is 1. The van der Waals surface area contributed by atoms with E-state index in [1.165, 1.54) is 10.4 Å². The van der Waals surface area contributed by atoms with Crippen LogP contribution >= 0.6 is 11.3 Å². The number of halogens is 1. The van der Waals surface area contributed by atoms with Crippen molar-refractivity contribution < 1.29 is 4.39 Å². The number of benzene rings is 1. The van der Waals surface area contributed by atoms with Crippen molar-refractivity contribution in [1.82, 2.24) is 10.3 Å². The number of aromatic nitrogens is 1. The Bertz CT molecular complexity index is 658. The molecule has 112 valence electrons. The fourth-order valence-electron chi connectivity index (χ4n) is 3.22. The molecule has 1 heterocycles. The zero-order chi connectivity index (χ0) is 15.2. The molecule has 0 fully saturated rings. The van der Waals surface area contributed by atoms with Gasteiger partial charge in [0.1, 0.15) is 10.8 Å². The van der Waals surface area contributed by atoms with Crippen LogP contribution in [0.2, 0.25) is 0 Å². The molecule has 2 aromatic rings. The molecule has 0 saturated heterocycles. The third-order valence-corrected chi connectivity index (χ3v) is 5.46. The smallest absolute Gasteiger partial charge is 0.123 e. The Morgan fingerprint density at radius 3 is 2.71 bits per heavy atom. The molecule has 0 radical (unpaired) electrons. The number of aryl methyl sites for hydroxylation is 3. The zero-order valence-electron chi connectivity index (χ0n) is 13.0. The van der Waals surface area contributed by atoms with E-state index >= 15 is 0 Å². The summed E-state index contributed by atoms with van der Waals surface area (Å²) in [4.78, 5) is 6.06. The number of hydrogen-bond acceptors (Lipinski definition) is 3. The van der Waals surface area contributed by atoms with E-state index in [2.05, 4.69) is 33.0 Å². The van der Waals surface area contributed by atoms with Gasteiger partial charge in [0.25, 0.3) is 0 Å². The first-order chi connectivity index (χ1) is 9.92. The molecule has 0 spiro atoms. The lowest BCUT2D eigenvalue weighted by atomic mass is 9.91. The Balaban J connectivity index is 2.17. The van der Waals surface area contributed by atoms with Crippen LogP contribution in [0.25, 0.3) is 0 Å². The largest absolute Gasteiger partial charge is 0.299 e. The summed E-state index contributed by atoms with van der Waals surface area (Å²) in [5.41, 5.74) is 3.12. The summed E-state index contributed by atoms with van der Waals surface area (Å²) in [6.07, 6.45) is 1.83. The van der Waals surface area contributed by atoms with Gasteiger partial charge in [-0.3, -0.25) is 5.32 Å². The summed E-state index contributed by atoms with van der Waals surface area (Å²) in [6.45, 7) is 8.46. The average Bonchev–Trinajstić information content (AvgIpc) is 2.92. The van der Waals surface area contributed by atoms with Gasteiger partial charge in [-0.1, -0.05) is 6.07 Å². The standard InChI is InChI=1S/C17H21FN2S/c1-10(2)20-17(16-19-11(3)12(4)21-16)8-7-13-9-14(18)5-6-15(13)17/h5-6,9-10,20H,7-8H2,1-4H3. The molecule has 1 atom stereocenters. The van der Waals surface area contributed by atoms with Crippen LogP contribution in [0, 0.1) is 19.7 Å². The van der Waals surface area contributed by atoms with E-state index in [4.69, 9.17) is 4.98 Å². The van der Waals surface area contributed by atoms with Crippen LogP contribution in [0.4, 0.5) is 4.39 Å². The van der Waals surface area contributed by atoms with Crippen LogP contribution in [0.1, 0.15) is 47.0 Å². The molecule has 1 aliphatic carbocycles. The lowest BCUT2D eigenvalue weighted by Gasteiger charge is -2.32. The summed E-state index contributed by atoms with van der Waals surface area (Å²) >= 11 is 1.75. The quantitative estimate of drug-likeness (QED) is 0.924. The molecular weight excluding hydrogens is 283 g/mol. The highest BCUT2D eigenvalue weighted by Crippen LogP contribution is 2.44. The Morgan fingerprint density at radius 2 is 2.10 bits per heavy atom. The highest BCUT2D eigenvalue weighted by Gasteiger charge is 2.43. The Hall–Kier alpha value is -1.26. The minimum atomic E-state index is -0.263. The third-order valence-electron chi connectivity index (χ3n) is 4.23. The van der Waals surface area contributed by atoms with Crippen molar-refractivity contribution in [1.29, 1.82) is 0 Å². The van der Waals surface area contributed by atoms with Crippen LogP contribution in [0.15, 0.2) is 18.2 Å². The van der Waals surface area contributed by atoms with Crippen LogP contribution < -0.4 is 5.32 Å². The number of fused-ring (bicyclic) bond motifs is 1. The molecule has 1 aliphatic rings. The van der Waals surface area contributed by atoms with Crippen molar-refractivity contribution in [2.24, 2.45) is 0 Å². The maximum Gasteiger partial charge on any atom is 0.123 e. The Labute approximate surface area is 129 Å². The van der Waals surface area contributed by atoms with Crippen molar-refractivity contribution in [3.05, 3.63) is 50.7 Å². The van der Waals surface area contributed by atoms with Crippen molar-refractivity contribution >= 4 is 11.3 Å². The number of rotatable bonds is 3. The van der Waals surface area contributed by atoms with Gasteiger partial charge in [0.15, 0.2) is 0 Å². The molecule has 1 N–H and O–H groups in total. The van der Waals surface area contributed by atoms with Gasteiger partial charge >= 0.3 is 0 Å². The molecule has 0 saturated carbocycles. The fourth-order valence-corrected chi connectivity index (χ4v) is 4.34. The van der Waals surface area contributed by atoms with Gasteiger partial charge in [-0.2, -0.15) is 0 Å². The van der Waals surface area contributed by atoms with E-state index in [0.717, 1.165) is 29.1 Å². The summed E-state index contributed by atoms with van der Waals surface area (Å²) in [5.74, 6) is -0.152. The lowest BCUT2D eigenvalue weighted by molar-refractivity contribution is 0.361. The molecule has 1 unspecified atom stereocenters. The van der Waals surface area contributed by atoms with E-state index < -0.39 is 0 Å². The Kier molecular flexibility index (Phi) is 3.62. The van der Waals surface area contributed by atoms with Crippen LogP contribution in [0.3, 0.4) is 0 Å². The van der Waals surface area contributed by atoms with E-state index in [0.29, 0.717) is 6.04 Å². The normalized spacial score (nSPS) is 21.0. The SMILES string of the molecule is Cc1nc(C2(NC(C)C)CCc3cc(F)ccc32)sc1C. The van der Waals surface area contributed by atoms with Crippen molar-refractivity contribution in [3.8, 4) is 0 Å². The molecule has 2 nitrogen and oxygen atoms in total.